The van der Waals surface area contributed by atoms with E-state index in [1.54, 1.807) is 34.5 Å². The van der Waals surface area contributed by atoms with Crippen LogP contribution in [0.5, 0.6) is 0 Å². The van der Waals surface area contributed by atoms with E-state index in [1.165, 1.54) is 0 Å². The Kier molecular flexibility index (Phi) is 4.01. The van der Waals surface area contributed by atoms with Gasteiger partial charge in [0.1, 0.15) is 6.10 Å². The Morgan fingerprint density at radius 1 is 1.14 bits per heavy atom. The molecule has 2 N–H and O–H groups in total. The fourth-order valence-electron chi connectivity index (χ4n) is 3.88. The first kappa shape index (κ1) is 17.4. The van der Waals surface area contributed by atoms with E-state index in [2.05, 4.69) is 5.32 Å². The number of nitrogens with one attached hydrogen (secondary N) is 1. The fourth-order valence-corrected chi connectivity index (χ4v) is 4.71. The zero-order valence-corrected chi connectivity index (χ0v) is 16.2. The first-order chi connectivity index (χ1) is 13.6. The molecule has 2 aliphatic rings. The Labute approximate surface area is 170 Å². The molecule has 1 amide bonds. The number of fused-ring (bicyclic) bond motifs is 1. The van der Waals surface area contributed by atoms with Crippen molar-refractivity contribution in [1.29, 1.82) is 0 Å². The van der Waals surface area contributed by atoms with Crippen LogP contribution in [-0.2, 0) is 4.79 Å². The minimum absolute atomic E-state index is 0.274. The number of halogens is 1. The van der Waals surface area contributed by atoms with Crippen LogP contribution in [0.3, 0.4) is 0 Å². The highest BCUT2D eigenvalue weighted by Crippen LogP contribution is 2.48. The number of hydrogen-bond donors (Lipinski definition) is 2. The van der Waals surface area contributed by atoms with Crippen molar-refractivity contribution in [2.45, 2.75) is 18.1 Å². The average Bonchev–Trinajstić information content (AvgIpc) is 3.36. The molecule has 1 unspecified atom stereocenters. The third kappa shape index (κ3) is 2.49. The molecule has 5 nitrogen and oxygen atoms in total. The van der Waals surface area contributed by atoms with Gasteiger partial charge in [0.25, 0.3) is 5.91 Å². The van der Waals surface area contributed by atoms with Crippen LogP contribution >= 0.6 is 22.9 Å². The number of carbonyl (C=O) groups is 1. The Bertz CT molecular complexity index is 1080. The summed E-state index contributed by atoms with van der Waals surface area (Å²) in [5, 5.41) is 23.3. The second-order valence-corrected chi connectivity index (χ2v) is 8.24. The van der Waals surface area contributed by atoms with Gasteiger partial charge in [-0.3, -0.25) is 4.79 Å². The molecule has 0 saturated heterocycles. The van der Waals surface area contributed by atoms with Gasteiger partial charge in [0.05, 0.1) is 16.3 Å². The molecule has 2 aromatic carbocycles. The van der Waals surface area contributed by atoms with Crippen molar-refractivity contribution in [2.24, 2.45) is 5.10 Å². The molecular weight excluding hydrogens is 394 g/mol. The van der Waals surface area contributed by atoms with Crippen molar-refractivity contribution < 1.29 is 9.90 Å². The third-order valence-electron chi connectivity index (χ3n) is 5.26. The van der Waals surface area contributed by atoms with Crippen LogP contribution in [0.1, 0.15) is 23.0 Å². The first-order valence-electron chi connectivity index (χ1n) is 8.85. The van der Waals surface area contributed by atoms with Crippen LogP contribution in [0.4, 0.5) is 11.4 Å². The second-order valence-electron chi connectivity index (χ2n) is 6.86. The molecule has 3 heterocycles. The molecule has 0 aliphatic carbocycles. The van der Waals surface area contributed by atoms with Crippen LogP contribution < -0.4 is 10.3 Å². The Morgan fingerprint density at radius 2 is 1.93 bits per heavy atom. The number of aliphatic hydroxyl groups is 1. The highest BCUT2D eigenvalue weighted by molar-refractivity contribution is 7.12. The summed E-state index contributed by atoms with van der Waals surface area (Å²) in [7, 11) is 0. The van der Waals surface area contributed by atoms with Crippen molar-refractivity contribution in [2.75, 3.05) is 10.3 Å². The predicted octanol–water partition coefficient (Wildman–Crippen LogP) is 4.44. The number of hydrazone groups is 1. The Morgan fingerprint density at radius 3 is 2.68 bits per heavy atom. The number of carbonyl (C=O) groups excluding carboxylic acids is 1. The standard InChI is InChI=1S/C21H16ClN3O2S/c22-13-7-9-14(10-8-13)25-21(12-17(24-25)18-6-3-11-28-18)19(26)15-4-1-2-5-16(15)23-20(21)27/h1-11,19,26H,12H2,(H,23,27)/t19?,21-/m1/s1. The molecule has 1 spiro atoms. The van der Waals surface area contributed by atoms with Gasteiger partial charge in [-0.1, -0.05) is 35.9 Å². The van der Waals surface area contributed by atoms with E-state index >= 15 is 0 Å². The highest BCUT2D eigenvalue weighted by atomic mass is 35.5. The maximum Gasteiger partial charge on any atom is 0.255 e. The number of nitrogens with zero attached hydrogens (tertiary/aromatic N) is 2. The van der Waals surface area contributed by atoms with Gasteiger partial charge in [-0.25, -0.2) is 5.01 Å². The topological polar surface area (TPSA) is 64.9 Å². The lowest BCUT2D eigenvalue weighted by Crippen LogP contribution is -2.59. The lowest BCUT2D eigenvalue weighted by atomic mass is 9.78. The van der Waals surface area contributed by atoms with Gasteiger partial charge in [-0.15, -0.1) is 11.3 Å². The number of rotatable bonds is 2. The number of benzene rings is 2. The number of para-hydroxylation sites is 1. The van der Waals surface area contributed by atoms with Gasteiger partial charge in [-0.2, -0.15) is 5.10 Å². The fraction of sp³-hybridized carbons (Fsp3) is 0.143. The summed E-state index contributed by atoms with van der Waals surface area (Å²) in [4.78, 5) is 14.3. The maximum atomic E-state index is 13.3. The minimum Gasteiger partial charge on any atom is -0.385 e. The van der Waals surface area contributed by atoms with E-state index in [9.17, 15) is 9.90 Å². The second kappa shape index (κ2) is 6.44. The smallest absolute Gasteiger partial charge is 0.255 e. The maximum absolute atomic E-state index is 13.3. The third-order valence-corrected chi connectivity index (χ3v) is 6.43. The number of aliphatic hydroxyl groups excluding tert-OH is 1. The van der Waals surface area contributed by atoms with Crippen molar-refractivity contribution in [3.8, 4) is 0 Å². The highest BCUT2D eigenvalue weighted by Gasteiger charge is 2.58. The summed E-state index contributed by atoms with van der Waals surface area (Å²) in [6.07, 6.45) is -0.730. The van der Waals surface area contributed by atoms with Gasteiger partial charge in [-0.05, 0) is 41.8 Å². The van der Waals surface area contributed by atoms with E-state index in [1.807, 2.05) is 47.8 Å². The molecule has 140 valence electrons. The molecule has 0 bridgehead atoms. The quantitative estimate of drug-likeness (QED) is 0.657. The van der Waals surface area contributed by atoms with Crippen LogP contribution in [0.2, 0.25) is 5.02 Å². The molecule has 5 rings (SSSR count). The van der Waals surface area contributed by atoms with E-state index in [0.717, 1.165) is 10.6 Å². The zero-order chi connectivity index (χ0) is 19.3. The van der Waals surface area contributed by atoms with Crippen LogP contribution in [0, 0.1) is 0 Å². The lowest BCUT2D eigenvalue weighted by Gasteiger charge is -2.43. The molecule has 28 heavy (non-hydrogen) atoms. The first-order valence-corrected chi connectivity index (χ1v) is 10.1. The molecule has 2 atom stereocenters. The summed E-state index contributed by atoms with van der Waals surface area (Å²) in [5.41, 5.74) is 1.53. The van der Waals surface area contributed by atoms with E-state index in [0.29, 0.717) is 28.4 Å². The van der Waals surface area contributed by atoms with Crippen molar-refractivity contribution in [1.82, 2.24) is 0 Å². The van der Waals surface area contributed by atoms with Crippen LogP contribution in [0.25, 0.3) is 0 Å². The van der Waals surface area contributed by atoms with Gasteiger partial charge < -0.3 is 10.4 Å². The molecule has 1 aromatic heterocycles. The van der Waals surface area contributed by atoms with Crippen LogP contribution in [0.15, 0.2) is 71.1 Å². The number of amides is 1. The van der Waals surface area contributed by atoms with Crippen LogP contribution in [-0.4, -0.2) is 22.3 Å². The van der Waals surface area contributed by atoms with Gasteiger partial charge in [0, 0.05) is 22.7 Å². The van der Waals surface area contributed by atoms with Gasteiger partial charge >= 0.3 is 0 Å². The van der Waals surface area contributed by atoms with Gasteiger partial charge in [0.15, 0.2) is 5.54 Å². The molecule has 0 saturated carbocycles. The number of anilines is 2. The average molecular weight is 410 g/mol. The lowest BCUT2D eigenvalue weighted by molar-refractivity contribution is -0.125. The molecule has 0 fully saturated rings. The van der Waals surface area contributed by atoms with E-state index in [4.69, 9.17) is 16.7 Å². The summed E-state index contributed by atoms with van der Waals surface area (Å²) < 4.78 is 0. The molecule has 3 aromatic rings. The summed E-state index contributed by atoms with van der Waals surface area (Å²) in [6, 6.07) is 18.4. The molecular formula is C21H16ClN3O2S. The van der Waals surface area contributed by atoms with Crippen molar-refractivity contribution >= 4 is 45.9 Å². The SMILES string of the molecule is O=C1Nc2ccccc2C(O)[C@]12CC(c1cccs1)=NN2c1ccc(Cl)cc1. The minimum atomic E-state index is -1.26. The molecule has 0 radical (unpaired) electrons. The van der Waals surface area contributed by atoms with E-state index in [-0.39, 0.29) is 5.91 Å². The predicted molar refractivity (Wildman–Crippen MR) is 112 cm³/mol. The monoisotopic (exact) mass is 409 g/mol. The summed E-state index contributed by atoms with van der Waals surface area (Å²) >= 11 is 7.61. The molecule has 2 aliphatic heterocycles. The largest absolute Gasteiger partial charge is 0.385 e. The molecule has 7 heteroatoms. The normalized spacial score (nSPS) is 23.5. The van der Waals surface area contributed by atoms with E-state index < -0.39 is 11.6 Å². The Hall–Kier alpha value is -2.67. The summed E-state index contributed by atoms with van der Waals surface area (Å²) in [6.45, 7) is 0. The zero-order valence-electron chi connectivity index (χ0n) is 14.7. The van der Waals surface area contributed by atoms with Gasteiger partial charge in [0.2, 0.25) is 0 Å². The number of thiophene rings is 1. The Balaban J connectivity index is 1.68. The van der Waals surface area contributed by atoms with Crippen molar-refractivity contribution in [3.05, 3.63) is 81.5 Å². The summed E-state index contributed by atoms with van der Waals surface area (Å²) in [5.74, 6) is -0.274. The number of hydrogen-bond acceptors (Lipinski definition) is 5. The van der Waals surface area contributed by atoms with Crippen molar-refractivity contribution in [3.63, 3.8) is 0 Å².